The third kappa shape index (κ3) is 4.71. The number of nitrogens with two attached hydrogens (primary N) is 3. The number of rotatable bonds is 6. The highest BCUT2D eigenvalue weighted by Crippen LogP contribution is 2.34. The number of fused-ring (bicyclic) bond motifs is 1. The number of nitrogens with zero attached hydrogens (tertiary/aromatic N) is 2. The van der Waals surface area contributed by atoms with Gasteiger partial charge in [-0.25, -0.2) is 0 Å². The third-order valence-electron chi connectivity index (χ3n) is 6.93. The van der Waals surface area contributed by atoms with Crippen molar-refractivity contribution in [3.63, 3.8) is 0 Å². The number of amides is 3. The van der Waals surface area contributed by atoms with E-state index in [4.69, 9.17) is 26.7 Å². The molecule has 2 unspecified atom stereocenters. The van der Waals surface area contributed by atoms with Crippen LogP contribution < -0.4 is 27.3 Å². The number of carbonyl (C=O) groups excluding carboxylic acids is 3. The van der Waals surface area contributed by atoms with Gasteiger partial charge >= 0.3 is 0 Å². The first-order valence-corrected chi connectivity index (χ1v) is 11.9. The Labute approximate surface area is 208 Å². The molecule has 0 radical (unpaired) electrons. The van der Waals surface area contributed by atoms with Gasteiger partial charge in [0.2, 0.25) is 11.8 Å². The topological polar surface area (TPSA) is 166 Å². The summed E-state index contributed by atoms with van der Waals surface area (Å²) in [6.07, 6.45) is -0.0798. The predicted octanol–water partition coefficient (Wildman–Crippen LogP) is -0.285. The fourth-order valence-electron chi connectivity index (χ4n) is 4.86. The molecule has 3 heterocycles. The second kappa shape index (κ2) is 9.60. The molecule has 11 heteroatoms. The molecule has 3 aliphatic heterocycles. The van der Waals surface area contributed by atoms with Gasteiger partial charge in [-0.3, -0.25) is 36.1 Å². The van der Waals surface area contributed by atoms with E-state index >= 15 is 0 Å². The number of nitrogens with one attached hydrogen (secondary N) is 1. The molecule has 0 saturated carbocycles. The highest BCUT2D eigenvalue weighted by atomic mass is 16.5. The minimum Gasteiger partial charge on any atom is -0.489 e. The minimum atomic E-state index is -1.38. The minimum absolute atomic E-state index is 0.215. The maximum absolute atomic E-state index is 13.0. The van der Waals surface area contributed by atoms with Crippen LogP contribution in [0.1, 0.15) is 39.9 Å². The van der Waals surface area contributed by atoms with Gasteiger partial charge in [0.05, 0.1) is 13.2 Å². The van der Waals surface area contributed by atoms with Gasteiger partial charge in [-0.15, -0.1) is 0 Å². The maximum Gasteiger partial charge on any atom is 0.255 e. The highest BCUT2D eigenvalue weighted by Gasteiger charge is 2.40. The standard InChI is InChI=1S/C25H30N6O5/c26-24-25(27,28)36-11-10-30(24)12-15-4-6-16(7-5-15)14-35-20-3-1-2-17-18(20)13-31(23(17)34)19-8-9-21(32)29-22(19)33/h1-7,19,24H,8-14,26-28H2,(H,29,32,33). The molecule has 2 saturated heterocycles. The number of ether oxygens (including phenoxy) is 2. The zero-order valence-electron chi connectivity index (χ0n) is 19.8. The molecule has 2 atom stereocenters. The molecule has 5 rings (SSSR count). The Morgan fingerprint density at radius 3 is 2.58 bits per heavy atom. The van der Waals surface area contributed by atoms with E-state index in [1.165, 1.54) is 4.90 Å². The molecule has 36 heavy (non-hydrogen) atoms. The molecule has 11 nitrogen and oxygen atoms in total. The van der Waals surface area contributed by atoms with E-state index in [1.807, 2.05) is 35.2 Å². The number of imide groups is 1. The lowest BCUT2D eigenvalue weighted by Crippen LogP contribution is -2.73. The Bertz CT molecular complexity index is 1180. The molecule has 0 aromatic heterocycles. The van der Waals surface area contributed by atoms with Crippen LogP contribution in [0, 0.1) is 0 Å². The summed E-state index contributed by atoms with van der Waals surface area (Å²) in [4.78, 5) is 40.3. The van der Waals surface area contributed by atoms with Crippen molar-refractivity contribution in [3.05, 3.63) is 64.7 Å². The summed E-state index contributed by atoms with van der Waals surface area (Å²) in [5, 5.41) is 2.32. The van der Waals surface area contributed by atoms with Crippen LogP contribution in [-0.4, -0.2) is 58.7 Å². The molecule has 3 aliphatic rings. The van der Waals surface area contributed by atoms with E-state index in [0.717, 1.165) is 16.7 Å². The van der Waals surface area contributed by atoms with E-state index in [1.54, 1.807) is 12.1 Å². The lowest BCUT2D eigenvalue weighted by molar-refractivity contribution is -0.142. The zero-order chi connectivity index (χ0) is 25.4. The van der Waals surface area contributed by atoms with Gasteiger partial charge in [0.25, 0.3) is 5.91 Å². The molecule has 2 aromatic rings. The number of piperidine rings is 1. The highest BCUT2D eigenvalue weighted by molar-refractivity contribution is 6.05. The molecular formula is C25H30N6O5. The summed E-state index contributed by atoms with van der Waals surface area (Å²) < 4.78 is 11.4. The second-order valence-corrected chi connectivity index (χ2v) is 9.40. The smallest absolute Gasteiger partial charge is 0.255 e. The molecule has 7 N–H and O–H groups in total. The number of benzene rings is 2. The lowest BCUT2D eigenvalue weighted by Gasteiger charge is -2.43. The fraction of sp³-hybridized carbons (Fsp3) is 0.400. The third-order valence-corrected chi connectivity index (χ3v) is 6.93. The van der Waals surface area contributed by atoms with Crippen LogP contribution in [0.25, 0.3) is 0 Å². The average molecular weight is 495 g/mol. The Kier molecular flexibility index (Phi) is 6.49. The van der Waals surface area contributed by atoms with Crippen LogP contribution >= 0.6 is 0 Å². The molecule has 3 amide bonds. The first-order chi connectivity index (χ1) is 17.2. The molecule has 2 fully saturated rings. The van der Waals surface area contributed by atoms with Crippen molar-refractivity contribution in [1.82, 2.24) is 15.1 Å². The summed E-state index contributed by atoms with van der Waals surface area (Å²) in [6.45, 7) is 2.22. The van der Waals surface area contributed by atoms with Crippen molar-refractivity contribution in [1.29, 1.82) is 0 Å². The molecule has 190 valence electrons. The van der Waals surface area contributed by atoms with E-state index in [0.29, 0.717) is 44.0 Å². The van der Waals surface area contributed by atoms with Crippen LogP contribution in [0.3, 0.4) is 0 Å². The van der Waals surface area contributed by atoms with E-state index in [-0.39, 0.29) is 24.8 Å². The van der Waals surface area contributed by atoms with E-state index in [2.05, 4.69) is 5.32 Å². The fourth-order valence-corrected chi connectivity index (χ4v) is 4.86. The van der Waals surface area contributed by atoms with Crippen molar-refractivity contribution in [3.8, 4) is 5.75 Å². The van der Waals surface area contributed by atoms with Crippen LogP contribution in [0.15, 0.2) is 42.5 Å². The molecule has 0 bridgehead atoms. The van der Waals surface area contributed by atoms with Crippen LogP contribution in [-0.2, 0) is 34.0 Å². The Hall–Kier alpha value is -3.35. The van der Waals surface area contributed by atoms with Gasteiger partial charge in [-0.05, 0) is 29.7 Å². The molecule has 0 spiro atoms. The van der Waals surface area contributed by atoms with Crippen LogP contribution in [0.5, 0.6) is 5.75 Å². The lowest BCUT2D eigenvalue weighted by atomic mass is 10.0. The molecule has 2 aromatic carbocycles. The SMILES string of the molecule is NC1N(Cc2ccc(COc3cccc4c3CN(C3CCC(=O)NC3=O)C4=O)cc2)CCOC1(N)N. The first-order valence-electron chi connectivity index (χ1n) is 11.9. The summed E-state index contributed by atoms with van der Waals surface area (Å²) >= 11 is 0. The number of hydrogen-bond donors (Lipinski definition) is 4. The number of carbonyl (C=O) groups is 3. The van der Waals surface area contributed by atoms with Gasteiger partial charge in [0.15, 0.2) is 5.85 Å². The Morgan fingerprint density at radius 1 is 1.08 bits per heavy atom. The quantitative estimate of drug-likeness (QED) is 0.312. The predicted molar refractivity (Wildman–Crippen MR) is 129 cm³/mol. The van der Waals surface area contributed by atoms with E-state index < -0.39 is 24.0 Å². The number of morpholine rings is 1. The van der Waals surface area contributed by atoms with Gasteiger partial charge in [-0.2, -0.15) is 0 Å². The largest absolute Gasteiger partial charge is 0.489 e. The Balaban J connectivity index is 1.22. The second-order valence-electron chi connectivity index (χ2n) is 9.40. The zero-order valence-corrected chi connectivity index (χ0v) is 19.8. The van der Waals surface area contributed by atoms with Gasteiger partial charge in [0.1, 0.15) is 24.6 Å². The van der Waals surface area contributed by atoms with Crippen molar-refractivity contribution in [2.24, 2.45) is 17.2 Å². The van der Waals surface area contributed by atoms with Crippen molar-refractivity contribution >= 4 is 17.7 Å². The molecule has 0 aliphatic carbocycles. The van der Waals surface area contributed by atoms with E-state index in [9.17, 15) is 14.4 Å². The molecular weight excluding hydrogens is 464 g/mol. The van der Waals surface area contributed by atoms with Gasteiger partial charge < -0.3 is 20.1 Å². The maximum atomic E-state index is 13.0. The van der Waals surface area contributed by atoms with Gasteiger partial charge in [-0.1, -0.05) is 30.3 Å². The first kappa shape index (κ1) is 24.3. The average Bonchev–Trinajstić information content (AvgIpc) is 3.18. The van der Waals surface area contributed by atoms with Crippen LogP contribution in [0.2, 0.25) is 0 Å². The summed E-state index contributed by atoms with van der Waals surface area (Å²) in [6, 6.07) is 12.6. The van der Waals surface area contributed by atoms with Crippen molar-refractivity contribution in [2.45, 2.75) is 50.6 Å². The normalized spacial score (nSPS) is 24.0. The number of hydrogen-bond acceptors (Lipinski definition) is 9. The summed E-state index contributed by atoms with van der Waals surface area (Å²) in [5.41, 5.74) is 21.2. The van der Waals surface area contributed by atoms with Gasteiger partial charge in [0, 0.05) is 30.6 Å². The van der Waals surface area contributed by atoms with Crippen molar-refractivity contribution in [2.75, 3.05) is 13.2 Å². The monoisotopic (exact) mass is 494 g/mol. The summed E-state index contributed by atoms with van der Waals surface area (Å²) in [5.74, 6) is -1.75. The Morgan fingerprint density at radius 2 is 1.83 bits per heavy atom. The summed E-state index contributed by atoms with van der Waals surface area (Å²) in [7, 11) is 0. The van der Waals surface area contributed by atoms with Crippen molar-refractivity contribution < 1.29 is 23.9 Å². The van der Waals surface area contributed by atoms with Crippen LogP contribution in [0.4, 0.5) is 0 Å².